The maximum Gasteiger partial charge on any atom is 0.237 e. The van der Waals surface area contributed by atoms with E-state index in [9.17, 15) is 13.6 Å². The van der Waals surface area contributed by atoms with Crippen LogP contribution in [0.25, 0.3) is 5.69 Å². The summed E-state index contributed by atoms with van der Waals surface area (Å²) in [6, 6.07) is 9.21. The summed E-state index contributed by atoms with van der Waals surface area (Å²) in [4.78, 5) is 12.4. The van der Waals surface area contributed by atoms with Crippen molar-refractivity contribution in [3.8, 4) is 5.69 Å². The first-order valence-electron chi connectivity index (χ1n) is 8.15. The van der Waals surface area contributed by atoms with Crippen molar-refractivity contribution < 1.29 is 13.6 Å². The van der Waals surface area contributed by atoms with Crippen LogP contribution in [0.1, 0.15) is 18.1 Å². The molecule has 0 spiro atoms. The highest BCUT2D eigenvalue weighted by molar-refractivity contribution is 8.00. The van der Waals surface area contributed by atoms with Crippen LogP contribution in [-0.4, -0.2) is 31.4 Å². The number of amides is 1. The molecule has 0 radical (unpaired) electrons. The minimum absolute atomic E-state index is 0.407. The molecular weight excluding hydrogens is 372 g/mol. The zero-order valence-corrected chi connectivity index (χ0v) is 15.7. The Hall–Kier alpha value is -2.81. The minimum atomic E-state index is -0.832. The van der Waals surface area contributed by atoms with Crippen molar-refractivity contribution in [2.45, 2.75) is 31.2 Å². The largest absolute Gasteiger partial charge is 0.320 e. The summed E-state index contributed by atoms with van der Waals surface area (Å²) in [7, 11) is 0. The number of carbonyl (C=O) groups excluding carboxylic acids is 1. The maximum absolute atomic E-state index is 13.7. The monoisotopic (exact) mass is 389 g/mol. The molecule has 1 N–H and O–H groups in total. The molecule has 1 heterocycles. The first-order chi connectivity index (χ1) is 12.9. The maximum atomic E-state index is 13.7. The van der Waals surface area contributed by atoms with Crippen LogP contribution in [0.2, 0.25) is 0 Å². The average molecular weight is 389 g/mol. The molecule has 0 aliphatic carbocycles. The first kappa shape index (κ1) is 19.0. The van der Waals surface area contributed by atoms with Crippen molar-refractivity contribution in [2.24, 2.45) is 0 Å². The summed E-state index contributed by atoms with van der Waals surface area (Å²) in [5.74, 6) is -2.22. The molecule has 3 aromatic rings. The van der Waals surface area contributed by atoms with E-state index in [0.717, 1.165) is 40.7 Å². The van der Waals surface area contributed by atoms with Gasteiger partial charge in [-0.25, -0.2) is 8.78 Å². The fraction of sp³-hybridized carbons (Fsp3) is 0.222. The highest BCUT2D eigenvalue weighted by atomic mass is 32.2. The molecule has 1 aromatic heterocycles. The number of halogens is 2. The van der Waals surface area contributed by atoms with E-state index < -0.39 is 28.5 Å². The molecule has 0 aliphatic rings. The van der Waals surface area contributed by atoms with Crippen LogP contribution in [0.3, 0.4) is 0 Å². The van der Waals surface area contributed by atoms with Crippen LogP contribution in [-0.2, 0) is 4.79 Å². The summed E-state index contributed by atoms with van der Waals surface area (Å²) >= 11 is 1.10. The van der Waals surface area contributed by atoms with Crippen molar-refractivity contribution in [1.82, 2.24) is 20.2 Å². The molecule has 2 aromatic carbocycles. The smallest absolute Gasteiger partial charge is 0.237 e. The Bertz CT molecular complexity index is 951. The molecule has 0 aliphatic heterocycles. The van der Waals surface area contributed by atoms with Crippen molar-refractivity contribution in [3.05, 3.63) is 59.2 Å². The Morgan fingerprint density at radius 2 is 1.70 bits per heavy atom. The van der Waals surface area contributed by atoms with E-state index in [1.54, 1.807) is 11.6 Å². The van der Waals surface area contributed by atoms with E-state index in [4.69, 9.17) is 0 Å². The number of thioether (sulfide) groups is 1. The predicted octanol–water partition coefficient (Wildman–Crippen LogP) is 3.68. The quantitative estimate of drug-likeness (QED) is 0.674. The highest BCUT2D eigenvalue weighted by Gasteiger charge is 2.22. The molecule has 1 atom stereocenters. The van der Waals surface area contributed by atoms with Gasteiger partial charge in [0.1, 0.15) is 17.3 Å². The minimum Gasteiger partial charge on any atom is -0.320 e. The topological polar surface area (TPSA) is 72.7 Å². The third-order valence-corrected chi connectivity index (χ3v) is 4.99. The average Bonchev–Trinajstić information content (AvgIpc) is 3.05. The number of rotatable bonds is 5. The summed E-state index contributed by atoms with van der Waals surface area (Å²) < 4.78 is 29.0. The standard InChI is InChI=1S/C18H17F2N5OS/c1-10-6-4-7-11(2)16(10)25-18(22-23-24-25)27-12(3)17(26)21-15-13(19)8-5-9-14(15)20/h4-9,12H,1-3H3,(H,21,26). The molecule has 6 nitrogen and oxygen atoms in total. The number of nitrogens with zero attached hydrogens (tertiary/aromatic N) is 4. The molecule has 3 rings (SSSR count). The summed E-state index contributed by atoms with van der Waals surface area (Å²) in [5, 5.41) is 13.7. The van der Waals surface area contributed by atoms with Crippen LogP contribution in [0.5, 0.6) is 0 Å². The van der Waals surface area contributed by atoms with E-state index in [1.165, 1.54) is 6.07 Å². The van der Waals surface area contributed by atoms with Crippen LogP contribution in [0, 0.1) is 25.5 Å². The van der Waals surface area contributed by atoms with Gasteiger partial charge in [-0.3, -0.25) is 4.79 Å². The van der Waals surface area contributed by atoms with Crippen molar-refractivity contribution in [3.63, 3.8) is 0 Å². The number of anilines is 1. The molecule has 0 saturated heterocycles. The summed E-state index contributed by atoms with van der Waals surface area (Å²) in [5.41, 5.74) is 2.33. The van der Waals surface area contributed by atoms with Gasteiger partial charge >= 0.3 is 0 Å². The molecule has 9 heteroatoms. The van der Waals surface area contributed by atoms with Gasteiger partial charge in [0, 0.05) is 0 Å². The van der Waals surface area contributed by atoms with Gasteiger partial charge < -0.3 is 5.32 Å². The number of para-hydroxylation sites is 2. The predicted molar refractivity (Wildman–Crippen MR) is 98.9 cm³/mol. The van der Waals surface area contributed by atoms with E-state index in [0.29, 0.717) is 5.16 Å². The van der Waals surface area contributed by atoms with Gasteiger partial charge in [-0.05, 0) is 54.5 Å². The molecular formula is C18H17F2N5OS. The molecule has 140 valence electrons. The van der Waals surface area contributed by atoms with Gasteiger partial charge in [0.25, 0.3) is 0 Å². The number of hydrogen-bond donors (Lipinski definition) is 1. The second kappa shape index (κ2) is 7.83. The lowest BCUT2D eigenvalue weighted by Gasteiger charge is -2.14. The fourth-order valence-electron chi connectivity index (χ4n) is 2.59. The Labute approximate surface area is 159 Å². The number of aryl methyl sites for hydroxylation is 2. The van der Waals surface area contributed by atoms with Gasteiger partial charge in [0.05, 0.1) is 10.9 Å². The molecule has 27 heavy (non-hydrogen) atoms. The van der Waals surface area contributed by atoms with Crippen molar-refractivity contribution in [2.75, 3.05) is 5.32 Å². The Morgan fingerprint density at radius 1 is 1.11 bits per heavy atom. The third-order valence-electron chi connectivity index (χ3n) is 3.95. The first-order valence-corrected chi connectivity index (χ1v) is 9.03. The number of hydrogen-bond acceptors (Lipinski definition) is 5. The van der Waals surface area contributed by atoms with Crippen molar-refractivity contribution in [1.29, 1.82) is 0 Å². The number of carbonyl (C=O) groups is 1. The van der Waals surface area contributed by atoms with Crippen LogP contribution >= 0.6 is 11.8 Å². The zero-order chi connectivity index (χ0) is 19.6. The Balaban J connectivity index is 1.81. The lowest BCUT2D eigenvalue weighted by molar-refractivity contribution is -0.115. The molecule has 0 saturated carbocycles. The van der Waals surface area contributed by atoms with Gasteiger partial charge in [0.15, 0.2) is 0 Å². The van der Waals surface area contributed by atoms with E-state index in [2.05, 4.69) is 20.8 Å². The summed E-state index contributed by atoms with van der Waals surface area (Å²) in [6.45, 7) is 5.49. The third kappa shape index (κ3) is 3.97. The van der Waals surface area contributed by atoms with Gasteiger partial charge in [-0.15, -0.1) is 5.10 Å². The number of benzene rings is 2. The Kier molecular flexibility index (Phi) is 5.50. The van der Waals surface area contributed by atoms with Gasteiger partial charge in [-0.1, -0.05) is 36.0 Å². The molecule has 1 unspecified atom stereocenters. The lowest BCUT2D eigenvalue weighted by atomic mass is 10.1. The van der Waals surface area contributed by atoms with E-state index in [1.807, 2.05) is 32.0 Å². The molecule has 1 amide bonds. The normalized spacial score (nSPS) is 12.0. The van der Waals surface area contributed by atoms with Crippen LogP contribution in [0.4, 0.5) is 14.5 Å². The fourth-order valence-corrected chi connectivity index (χ4v) is 3.38. The number of nitrogens with one attached hydrogen (secondary N) is 1. The number of aromatic nitrogens is 4. The van der Waals surface area contributed by atoms with E-state index in [-0.39, 0.29) is 0 Å². The second-order valence-electron chi connectivity index (χ2n) is 5.96. The van der Waals surface area contributed by atoms with Crippen molar-refractivity contribution >= 4 is 23.4 Å². The lowest BCUT2D eigenvalue weighted by Crippen LogP contribution is -2.24. The summed E-state index contributed by atoms with van der Waals surface area (Å²) in [6.07, 6.45) is 0. The second-order valence-corrected chi connectivity index (χ2v) is 7.27. The van der Waals surface area contributed by atoms with Crippen LogP contribution < -0.4 is 5.32 Å². The number of tetrazole rings is 1. The van der Waals surface area contributed by atoms with Crippen LogP contribution in [0.15, 0.2) is 41.6 Å². The SMILES string of the molecule is Cc1cccc(C)c1-n1nnnc1SC(C)C(=O)Nc1c(F)cccc1F. The zero-order valence-electron chi connectivity index (χ0n) is 14.9. The molecule has 0 fully saturated rings. The van der Waals surface area contributed by atoms with E-state index >= 15 is 0 Å². The highest BCUT2D eigenvalue weighted by Crippen LogP contribution is 2.27. The molecule has 0 bridgehead atoms. The Morgan fingerprint density at radius 3 is 2.33 bits per heavy atom. The van der Waals surface area contributed by atoms with Gasteiger partial charge in [-0.2, -0.15) is 4.68 Å². The van der Waals surface area contributed by atoms with Gasteiger partial charge in [0.2, 0.25) is 11.1 Å².